The zero-order valence-electron chi connectivity index (χ0n) is 8.21. The van der Waals surface area contributed by atoms with E-state index in [0.717, 1.165) is 30.0 Å². The van der Waals surface area contributed by atoms with Crippen LogP contribution in [0.2, 0.25) is 0 Å². The summed E-state index contributed by atoms with van der Waals surface area (Å²) in [5.74, 6) is 1.85. The van der Waals surface area contributed by atoms with Crippen molar-refractivity contribution in [3.63, 3.8) is 0 Å². The molecule has 76 valence electrons. The van der Waals surface area contributed by atoms with Gasteiger partial charge in [0.2, 0.25) is 0 Å². The van der Waals surface area contributed by atoms with Gasteiger partial charge in [0.05, 0.1) is 6.61 Å². The number of alkyl halides is 1. The number of hydrogen-bond acceptors (Lipinski definition) is 1. The number of hydrogen-bond donors (Lipinski definition) is 0. The van der Waals surface area contributed by atoms with Crippen molar-refractivity contribution >= 4 is 15.9 Å². The second kappa shape index (κ2) is 4.83. The van der Waals surface area contributed by atoms with Crippen LogP contribution in [0.3, 0.4) is 0 Å². The maximum atomic E-state index is 5.70. The summed E-state index contributed by atoms with van der Waals surface area (Å²) in [6.07, 6.45) is 3.77. The lowest BCUT2D eigenvalue weighted by Crippen LogP contribution is -1.99. The normalized spacial score (nSPS) is 15.5. The zero-order chi connectivity index (χ0) is 9.80. The van der Waals surface area contributed by atoms with E-state index < -0.39 is 0 Å². The molecular formula is C12H15BrO. The van der Waals surface area contributed by atoms with Crippen molar-refractivity contribution in [3.05, 3.63) is 29.8 Å². The number of ether oxygens (including phenoxy) is 1. The quantitative estimate of drug-likeness (QED) is 0.732. The molecule has 1 aromatic rings. The van der Waals surface area contributed by atoms with Crippen LogP contribution in [0.15, 0.2) is 24.3 Å². The van der Waals surface area contributed by atoms with Crippen LogP contribution in [-0.4, -0.2) is 11.9 Å². The standard InChI is InChI=1S/C12H15BrO/c13-7-6-10-2-1-3-12(8-10)14-9-11-4-5-11/h1-3,8,11H,4-7,9H2. The van der Waals surface area contributed by atoms with Crippen molar-refractivity contribution in [2.45, 2.75) is 19.3 Å². The second-order valence-corrected chi connectivity index (χ2v) is 4.63. The molecule has 0 N–H and O–H groups in total. The SMILES string of the molecule is BrCCc1cccc(OCC2CC2)c1. The maximum absolute atomic E-state index is 5.70. The summed E-state index contributed by atoms with van der Waals surface area (Å²) in [5.41, 5.74) is 1.34. The largest absolute Gasteiger partial charge is 0.493 e. The molecule has 0 bridgehead atoms. The Morgan fingerprint density at radius 3 is 2.93 bits per heavy atom. The molecule has 1 aliphatic carbocycles. The Kier molecular flexibility index (Phi) is 3.46. The van der Waals surface area contributed by atoms with Crippen LogP contribution in [0.25, 0.3) is 0 Å². The molecule has 0 amide bonds. The first-order valence-electron chi connectivity index (χ1n) is 5.16. The van der Waals surface area contributed by atoms with Gasteiger partial charge in [-0.1, -0.05) is 28.1 Å². The predicted molar refractivity (Wildman–Crippen MR) is 62.2 cm³/mol. The van der Waals surface area contributed by atoms with E-state index in [1.807, 2.05) is 6.07 Å². The molecular weight excluding hydrogens is 240 g/mol. The molecule has 0 aliphatic heterocycles. The third-order valence-corrected chi connectivity index (χ3v) is 2.86. The summed E-state index contributed by atoms with van der Waals surface area (Å²) in [7, 11) is 0. The third kappa shape index (κ3) is 3.02. The minimum atomic E-state index is 0.829. The van der Waals surface area contributed by atoms with Gasteiger partial charge in [-0.05, 0) is 42.9 Å². The van der Waals surface area contributed by atoms with E-state index >= 15 is 0 Å². The van der Waals surface area contributed by atoms with Gasteiger partial charge in [0.15, 0.2) is 0 Å². The van der Waals surface area contributed by atoms with Crippen molar-refractivity contribution < 1.29 is 4.74 Å². The Bertz CT molecular complexity index is 294. The summed E-state index contributed by atoms with van der Waals surface area (Å²) in [5, 5.41) is 1.01. The molecule has 1 aromatic carbocycles. The predicted octanol–water partition coefficient (Wildman–Crippen LogP) is 3.41. The fourth-order valence-electron chi connectivity index (χ4n) is 1.40. The number of benzene rings is 1. The van der Waals surface area contributed by atoms with Crippen molar-refractivity contribution in [2.24, 2.45) is 5.92 Å². The van der Waals surface area contributed by atoms with E-state index in [2.05, 4.69) is 34.1 Å². The van der Waals surface area contributed by atoms with Crippen LogP contribution >= 0.6 is 15.9 Å². The van der Waals surface area contributed by atoms with Gasteiger partial charge in [-0.15, -0.1) is 0 Å². The highest BCUT2D eigenvalue weighted by Crippen LogP contribution is 2.29. The van der Waals surface area contributed by atoms with Gasteiger partial charge in [-0.25, -0.2) is 0 Å². The number of rotatable bonds is 5. The van der Waals surface area contributed by atoms with E-state index in [-0.39, 0.29) is 0 Å². The third-order valence-electron chi connectivity index (χ3n) is 2.46. The second-order valence-electron chi connectivity index (χ2n) is 3.84. The average Bonchev–Trinajstić information content (AvgIpc) is 2.99. The minimum absolute atomic E-state index is 0.829. The number of aryl methyl sites for hydroxylation is 1. The Morgan fingerprint density at radius 2 is 2.21 bits per heavy atom. The molecule has 0 unspecified atom stereocenters. The highest BCUT2D eigenvalue weighted by molar-refractivity contribution is 9.09. The van der Waals surface area contributed by atoms with E-state index in [4.69, 9.17) is 4.74 Å². The molecule has 0 saturated heterocycles. The highest BCUT2D eigenvalue weighted by atomic mass is 79.9. The molecule has 1 fully saturated rings. The average molecular weight is 255 g/mol. The minimum Gasteiger partial charge on any atom is -0.493 e. The van der Waals surface area contributed by atoms with Gasteiger partial charge >= 0.3 is 0 Å². The molecule has 14 heavy (non-hydrogen) atoms. The molecule has 2 rings (SSSR count). The van der Waals surface area contributed by atoms with Gasteiger partial charge in [0.25, 0.3) is 0 Å². The maximum Gasteiger partial charge on any atom is 0.119 e. The molecule has 2 heteroatoms. The lowest BCUT2D eigenvalue weighted by Gasteiger charge is -2.06. The summed E-state index contributed by atoms with van der Waals surface area (Å²) in [6, 6.07) is 8.40. The highest BCUT2D eigenvalue weighted by Gasteiger charge is 2.21. The molecule has 1 saturated carbocycles. The lowest BCUT2D eigenvalue weighted by atomic mass is 10.2. The summed E-state index contributed by atoms with van der Waals surface area (Å²) < 4.78 is 5.70. The smallest absolute Gasteiger partial charge is 0.119 e. The zero-order valence-corrected chi connectivity index (χ0v) is 9.79. The molecule has 0 heterocycles. The van der Waals surface area contributed by atoms with Gasteiger partial charge in [0, 0.05) is 5.33 Å². The molecule has 0 aromatic heterocycles. The summed E-state index contributed by atoms with van der Waals surface area (Å²) in [4.78, 5) is 0. The Balaban J connectivity index is 1.90. The first kappa shape index (κ1) is 10.0. The monoisotopic (exact) mass is 254 g/mol. The topological polar surface area (TPSA) is 9.23 Å². The van der Waals surface area contributed by atoms with E-state index in [1.54, 1.807) is 0 Å². The van der Waals surface area contributed by atoms with Crippen molar-refractivity contribution in [1.82, 2.24) is 0 Å². The van der Waals surface area contributed by atoms with Crippen LogP contribution in [-0.2, 0) is 6.42 Å². The summed E-state index contributed by atoms with van der Waals surface area (Å²) in [6.45, 7) is 0.901. The molecule has 0 spiro atoms. The van der Waals surface area contributed by atoms with Crippen LogP contribution < -0.4 is 4.74 Å². The van der Waals surface area contributed by atoms with E-state index in [1.165, 1.54) is 18.4 Å². The van der Waals surface area contributed by atoms with Crippen molar-refractivity contribution in [1.29, 1.82) is 0 Å². The van der Waals surface area contributed by atoms with Crippen molar-refractivity contribution in [3.8, 4) is 5.75 Å². The van der Waals surface area contributed by atoms with E-state index in [9.17, 15) is 0 Å². The first-order valence-corrected chi connectivity index (χ1v) is 6.28. The van der Waals surface area contributed by atoms with Gasteiger partial charge in [-0.3, -0.25) is 0 Å². The Hall–Kier alpha value is -0.500. The summed E-state index contributed by atoms with van der Waals surface area (Å²) >= 11 is 3.44. The van der Waals surface area contributed by atoms with E-state index in [0.29, 0.717) is 0 Å². The fraction of sp³-hybridized carbons (Fsp3) is 0.500. The Labute approximate surface area is 93.6 Å². The van der Waals surface area contributed by atoms with Gasteiger partial charge < -0.3 is 4.74 Å². The Morgan fingerprint density at radius 1 is 1.36 bits per heavy atom. The van der Waals surface area contributed by atoms with Crippen LogP contribution in [0.4, 0.5) is 0 Å². The molecule has 0 atom stereocenters. The van der Waals surface area contributed by atoms with Crippen LogP contribution in [0.5, 0.6) is 5.75 Å². The molecule has 1 nitrogen and oxygen atoms in total. The fourth-order valence-corrected chi connectivity index (χ4v) is 1.86. The number of halogens is 1. The van der Waals surface area contributed by atoms with Crippen molar-refractivity contribution in [2.75, 3.05) is 11.9 Å². The lowest BCUT2D eigenvalue weighted by molar-refractivity contribution is 0.299. The van der Waals surface area contributed by atoms with Gasteiger partial charge in [-0.2, -0.15) is 0 Å². The molecule has 0 radical (unpaired) electrons. The van der Waals surface area contributed by atoms with Crippen LogP contribution in [0, 0.1) is 5.92 Å². The van der Waals surface area contributed by atoms with Gasteiger partial charge in [0.1, 0.15) is 5.75 Å². The first-order chi connectivity index (χ1) is 6.88. The van der Waals surface area contributed by atoms with Crippen LogP contribution in [0.1, 0.15) is 18.4 Å². The molecule has 1 aliphatic rings.